The second-order valence-electron chi connectivity index (χ2n) is 7.48. The summed E-state index contributed by atoms with van der Waals surface area (Å²) in [5.74, 6) is 0.150. The molecular formula is C25H22N4O4. The van der Waals surface area contributed by atoms with Crippen molar-refractivity contribution in [3.63, 3.8) is 0 Å². The van der Waals surface area contributed by atoms with Gasteiger partial charge in [-0.3, -0.25) is 19.3 Å². The molecule has 1 N–H and O–H groups in total. The van der Waals surface area contributed by atoms with E-state index >= 15 is 0 Å². The fourth-order valence-electron chi connectivity index (χ4n) is 3.52. The molecule has 1 aliphatic heterocycles. The van der Waals surface area contributed by atoms with Crippen molar-refractivity contribution in [3.05, 3.63) is 78.0 Å². The monoisotopic (exact) mass is 442 g/mol. The number of anilines is 2. The van der Waals surface area contributed by atoms with Crippen LogP contribution < -0.4 is 15.0 Å². The van der Waals surface area contributed by atoms with Crippen molar-refractivity contribution in [1.29, 1.82) is 0 Å². The van der Waals surface area contributed by atoms with E-state index < -0.39 is 5.91 Å². The average Bonchev–Trinajstić information content (AvgIpc) is 2.96. The molecule has 0 atom stereocenters. The Labute approximate surface area is 190 Å². The molecule has 1 aromatic heterocycles. The molecule has 1 aliphatic rings. The number of nitrogens with zero attached hydrogens (tertiary/aromatic N) is 3. The number of benzene rings is 2. The van der Waals surface area contributed by atoms with Gasteiger partial charge in [-0.1, -0.05) is 24.3 Å². The zero-order valence-electron chi connectivity index (χ0n) is 18.2. The fraction of sp³-hybridized carbons (Fsp3) is 0.160. The Balaban J connectivity index is 1.59. The maximum absolute atomic E-state index is 13.2. The van der Waals surface area contributed by atoms with Crippen molar-refractivity contribution < 1.29 is 19.1 Å². The van der Waals surface area contributed by atoms with Crippen LogP contribution in [0.3, 0.4) is 0 Å². The number of aliphatic imine (C=N–C) groups is 1. The van der Waals surface area contributed by atoms with Crippen LogP contribution in [0.1, 0.15) is 29.3 Å². The summed E-state index contributed by atoms with van der Waals surface area (Å²) in [6.07, 6.45) is 1.55. The highest BCUT2D eigenvalue weighted by Gasteiger charge is 2.28. The van der Waals surface area contributed by atoms with Crippen molar-refractivity contribution >= 4 is 40.5 Å². The number of ether oxygens (including phenoxy) is 1. The summed E-state index contributed by atoms with van der Waals surface area (Å²) >= 11 is 0. The highest BCUT2D eigenvalue weighted by atomic mass is 16.5. The summed E-state index contributed by atoms with van der Waals surface area (Å²) in [6.45, 7) is 1.22. The van der Waals surface area contributed by atoms with Crippen LogP contribution >= 0.6 is 0 Å². The number of hydrogen-bond acceptors (Lipinski definition) is 6. The van der Waals surface area contributed by atoms with Gasteiger partial charge in [0.15, 0.2) is 11.6 Å². The Morgan fingerprint density at radius 3 is 2.70 bits per heavy atom. The van der Waals surface area contributed by atoms with Crippen LogP contribution in [0.4, 0.5) is 17.2 Å². The Morgan fingerprint density at radius 1 is 1.09 bits per heavy atom. The minimum atomic E-state index is -0.412. The van der Waals surface area contributed by atoms with Crippen LogP contribution in [0.5, 0.6) is 5.75 Å². The van der Waals surface area contributed by atoms with Crippen LogP contribution in [-0.2, 0) is 9.59 Å². The highest BCUT2D eigenvalue weighted by Crippen LogP contribution is 2.31. The van der Waals surface area contributed by atoms with Gasteiger partial charge in [-0.15, -0.1) is 0 Å². The van der Waals surface area contributed by atoms with Crippen LogP contribution in [0.25, 0.3) is 0 Å². The van der Waals surface area contributed by atoms with Gasteiger partial charge in [-0.05, 0) is 43.3 Å². The average molecular weight is 442 g/mol. The van der Waals surface area contributed by atoms with Crippen molar-refractivity contribution in [3.8, 4) is 5.75 Å². The predicted octanol–water partition coefficient (Wildman–Crippen LogP) is 3.79. The molecule has 0 aliphatic carbocycles. The van der Waals surface area contributed by atoms with Gasteiger partial charge < -0.3 is 10.1 Å². The summed E-state index contributed by atoms with van der Waals surface area (Å²) in [7, 11) is 1.57. The zero-order valence-corrected chi connectivity index (χ0v) is 18.2. The van der Waals surface area contributed by atoms with Gasteiger partial charge in [0.2, 0.25) is 11.8 Å². The van der Waals surface area contributed by atoms with E-state index in [0.717, 1.165) is 5.56 Å². The molecule has 0 spiro atoms. The Morgan fingerprint density at radius 2 is 1.91 bits per heavy atom. The molecule has 2 heterocycles. The number of pyridine rings is 1. The summed E-state index contributed by atoms with van der Waals surface area (Å²) in [4.78, 5) is 47.9. The number of hydrogen-bond donors (Lipinski definition) is 1. The second-order valence-corrected chi connectivity index (χ2v) is 7.48. The second kappa shape index (κ2) is 9.44. The van der Waals surface area contributed by atoms with Gasteiger partial charge in [0.25, 0.3) is 0 Å². The Kier molecular flexibility index (Phi) is 6.26. The summed E-state index contributed by atoms with van der Waals surface area (Å²) in [6, 6.07) is 17.4. The number of fused-ring (bicyclic) bond motifs is 1. The number of ketones is 1. The van der Waals surface area contributed by atoms with Gasteiger partial charge in [0.05, 0.1) is 19.2 Å². The predicted molar refractivity (Wildman–Crippen MR) is 125 cm³/mol. The summed E-state index contributed by atoms with van der Waals surface area (Å²) < 4.78 is 5.29. The van der Waals surface area contributed by atoms with E-state index in [9.17, 15) is 14.4 Å². The normalized spacial score (nSPS) is 13.0. The molecule has 2 amide bonds. The largest absolute Gasteiger partial charge is 0.497 e. The van der Waals surface area contributed by atoms with E-state index in [-0.39, 0.29) is 24.7 Å². The van der Waals surface area contributed by atoms with E-state index in [4.69, 9.17) is 4.74 Å². The van der Waals surface area contributed by atoms with Gasteiger partial charge in [-0.25, -0.2) is 9.98 Å². The molecule has 3 aromatic rings. The topological polar surface area (TPSA) is 101 Å². The molecule has 0 fully saturated rings. The van der Waals surface area contributed by atoms with E-state index in [1.165, 1.54) is 11.8 Å². The first kappa shape index (κ1) is 21.9. The first-order valence-corrected chi connectivity index (χ1v) is 10.3. The molecule has 0 bridgehead atoms. The Bertz CT molecular complexity index is 1270. The zero-order chi connectivity index (χ0) is 23.4. The van der Waals surface area contributed by atoms with Crippen molar-refractivity contribution in [2.24, 2.45) is 4.99 Å². The number of amides is 2. The number of methoxy groups -OCH3 is 1. The first-order chi connectivity index (χ1) is 15.9. The van der Waals surface area contributed by atoms with Crippen LogP contribution in [-0.4, -0.2) is 41.9 Å². The fourth-order valence-corrected chi connectivity index (χ4v) is 3.52. The molecule has 33 heavy (non-hydrogen) atoms. The van der Waals surface area contributed by atoms with Gasteiger partial charge in [0, 0.05) is 23.0 Å². The quantitative estimate of drug-likeness (QED) is 0.586. The van der Waals surface area contributed by atoms with E-state index in [2.05, 4.69) is 15.3 Å². The number of carbonyl (C=O) groups excluding carboxylic acids is 3. The lowest BCUT2D eigenvalue weighted by molar-refractivity contribution is -0.120. The number of nitrogens with one attached hydrogen (secondary N) is 1. The first-order valence-electron chi connectivity index (χ1n) is 10.3. The van der Waals surface area contributed by atoms with E-state index in [1.807, 2.05) is 24.3 Å². The third-order valence-corrected chi connectivity index (χ3v) is 5.15. The molecule has 2 aromatic carbocycles. The third-order valence-electron chi connectivity index (χ3n) is 5.15. The molecule has 8 heteroatoms. The maximum Gasteiger partial charge on any atom is 0.244 e. The highest BCUT2D eigenvalue weighted by molar-refractivity contribution is 6.18. The maximum atomic E-state index is 13.2. The molecule has 0 unspecified atom stereocenters. The summed E-state index contributed by atoms with van der Waals surface area (Å²) in [5, 5.41) is 2.75. The lowest BCUT2D eigenvalue weighted by Gasteiger charge is -2.20. The molecule has 0 saturated heterocycles. The van der Waals surface area contributed by atoms with Gasteiger partial charge in [-0.2, -0.15) is 0 Å². The standard InChI is InChI=1S/C25H22N4O4/c1-16(30)17-6-3-8-19(12-17)27-23(31)15-29-24(32)14-22(18-7-4-9-20(13-18)33-2)28-21-10-5-11-26-25(21)29/h3-13H,14-15H2,1-2H3,(H,27,31). The van der Waals surface area contributed by atoms with E-state index in [0.29, 0.717) is 34.2 Å². The summed E-state index contributed by atoms with van der Waals surface area (Å²) in [5.41, 5.74) is 2.77. The molecule has 0 radical (unpaired) electrons. The van der Waals surface area contributed by atoms with Crippen LogP contribution in [0, 0.1) is 0 Å². The lowest BCUT2D eigenvalue weighted by Crippen LogP contribution is -2.39. The van der Waals surface area contributed by atoms with Crippen LogP contribution in [0.15, 0.2) is 71.9 Å². The van der Waals surface area contributed by atoms with Crippen LogP contribution in [0.2, 0.25) is 0 Å². The minimum Gasteiger partial charge on any atom is -0.497 e. The number of rotatable bonds is 6. The lowest BCUT2D eigenvalue weighted by atomic mass is 10.1. The molecule has 166 valence electrons. The number of aromatic nitrogens is 1. The third kappa shape index (κ3) is 4.95. The number of Topliss-reactive ketones (excluding diaryl/α,β-unsaturated/α-hetero) is 1. The molecule has 8 nitrogen and oxygen atoms in total. The molecule has 0 saturated carbocycles. The Hall–Kier alpha value is -4.33. The SMILES string of the molecule is COc1cccc(C2=Nc3cccnc3N(CC(=O)Nc3cccc(C(C)=O)c3)C(=O)C2)c1. The van der Waals surface area contributed by atoms with E-state index in [1.54, 1.807) is 49.7 Å². The van der Waals surface area contributed by atoms with Crippen molar-refractivity contribution in [2.75, 3.05) is 23.9 Å². The smallest absolute Gasteiger partial charge is 0.244 e. The minimum absolute atomic E-state index is 0.00334. The number of carbonyl (C=O) groups is 3. The van der Waals surface area contributed by atoms with Gasteiger partial charge in [0.1, 0.15) is 18.0 Å². The molecular weight excluding hydrogens is 420 g/mol. The van der Waals surface area contributed by atoms with Gasteiger partial charge >= 0.3 is 0 Å². The van der Waals surface area contributed by atoms with Crippen molar-refractivity contribution in [1.82, 2.24) is 4.98 Å². The van der Waals surface area contributed by atoms with Crippen molar-refractivity contribution in [2.45, 2.75) is 13.3 Å². The molecule has 4 rings (SSSR count).